The normalized spacial score (nSPS) is 26.4. The summed E-state index contributed by atoms with van der Waals surface area (Å²) in [4.78, 5) is 25.7. The average molecular weight is 357 g/mol. The number of ether oxygens (including phenoxy) is 1. The fraction of sp³-hybridized carbons (Fsp3) is 0.529. The average Bonchev–Trinajstić information content (AvgIpc) is 2.95. The predicted molar refractivity (Wildman–Crippen MR) is 80.7 cm³/mol. The van der Waals surface area contributed by atoms with E-state index in [4.69, 9.17) is 4.74 Å². The summed E-state index contributed by atoms with van der Waals surface area (Å²) in [6.45, 7) is 0.941. The molecule has 1 N–H and O–H groups in total. The van der Waals surface area contributed by atoms with Gasteiger partial charge in [-0.25, -0.2) is 0 Å². The number of nitrogens with zero attached hydrogens (tertiary/aromatic N) is 1. The van der Waals surface area contributed by atoms with Gasteiger partial charge < -0.3 is 14.7 Å². The Bertz CT molecular complexity index is 691. The Kier molecular flexibility index (Phi) is 4.49. The van der Waals surface area contributed by atoms with E-state index in [1.807, 2.05) is 0 Å². The van der Waals surface area contributed by atoms with Crippen LogP contribution in [-0.2, 0) is 26.9 Å². The maximum atomic E-state index is 12.8. The van der Waals surface area contributed by atoms with Crippen LogP contribution in [0.15, 0.2) is 24.3 Å². The lowest BCUT2D eigenvalue weighted by atomic mass is 9.74. The topological polar surface area (TPSA) is 66.8 Å². The van der Waals surface area contributed by atoms with E-state index in [1.165, 1.54) is 17.0 Å². The molecule has 0 saturated carbocycles. The Morgan fingerprint density at radius 3 is 2.76 bits per heavy atom. The fourth-order valence-corrected chi connectivity index (χ4v) is 3.63. The zero-order valence-corrected chi connectivity index (χ0v) is 13.4. The number of benzene rings is 1. The Morgan fingerprint density at radius 1 is 1.36 bits per heavy atom. The van der Waals surface area contributed by atoms with Crippen LogP contribution in [-0.4, -0.2) is 48.2 Å². The van der Waals surface area contributed by atoms with Crippen molar-refractivity contribution in [3.63, 3.8) is 0 Å². The van der Waals surface area contributed by atoms with Gasteiger partial charge in [-0.3, -0.25) is 9.59 Å². The molecule has 2 fully saturated rings. The van der Waals surface area contributed by atoms with Gasteiger partial charge in [0.15, 0.2) is 0 Å². The highest BCUT2D eigenvalue weighted by atomic mass is 19.4. The number of likely N-dealkylation sites (tertiary alicyclic amines) is 1. The van der Waals surface area contributed by atoms with Crippen LogP contribution in [0.1, 0.15) is 17.5 Å². The monoisotopic (exact) mass is 357 g/mol. The van der Waals surface area contributed by atoms with Gasteiger partial charge in [0.2, 0.25) is 5.91 Å². The van der Waals surface area contributed by atoms with Crippen molar-refractivity contribution in [3.05, 3.63) is 35.4 Å². The quantitative estimate of drug-likeness (QED) is 0.901. The number of hydrogen-bond donors (Lipinski definition) is 1. The summed E-state index contributed by atoms with van der Waals surface area (Å²) in [5.74, 6) is -1.60. The van der Waals surface area contributed by atoms with Gasteiger partial charge in [-0.1, -0.05) is 18.2 Å². The lowest BCUT2D eigenvalue weighted by molar-refractivity contribution is -0.157. The highest BCUT2D eigenvalue weighted by Gasteiger charge is 2.54. The number of aliphatic carboxylic acids is 1. The summed E-state index contributed by atoms with van der Waals surface area (Å²) in [6.07, 6.45) is -4.32. The number of carboxylic acids is 1. The lowest BCUT2D eigenvalue weighted by Crippen LogP contribution is -2.45. The van der Waals surface area contributed by atoms with Gasteiger partial charge in [0, 0.05) is 25.6 Å². The second kappa shape index (κ2) is 6.33. The van der Waals surface area contributed by atoms with E-state index >= 15 is 0 Å². The van der Waals surface area contributed by atoms with Crippen molar-refractivity contribution in [1.82, 2.24) is 4.90 Å². The van der Waals surface area contributed by atoms with Crippen molar-refractivity contribution >= 4 is 11.9 Å². The Labute approximate surface area is 142 Å². The molecule has 2 atom stereocenters. The number of carboxylic acid groups (broad SMARTS) is 1. The van der Waals surface area contributed by atoms with Crippen molar-refractivity contribution in [2.45, 2.75) is 19.0 Å². The number of carbonyl (C=O) groups excluding carboxylic acids is 1. The van der Waals surface area contributed by atoms with Crippen molar-refractivity contribution < 1.29 is 32.6 Å². The standard InChI is InChI=1S/C17H18F3NO4/c18-17(19,20)12-3-1-2-11(6-12)7-14(22)21-8-13-9-25-5-4-16(13,10-21)15(23)24/h1-3,6,13H,4-5,7-10H2,(H,23,24)/t13-,16+/m0/s1. The molecular weight excluding hydrogens is 339 g/mol. The number of halogens is 3. The molecule has 2 heterocycles. The van der Waals surface area contributed by atoms with Crippen LogP contribution in [0.3, 0.4) is 0 Å². The largest absolute Gasteiger partial charge is 0.481 e. The minimum absolute atomic E-state index is 0.0775. The third kappa shape index (κ3) is 3.35. The summed E-state index contributed by atoms with van der Waals surface area (Å²) in [5, 5.41) is 9.60. The molecule has 8 heteroatoms. The molecule has 0 aromatic heterocycles. The molecule has 1 aromatic carbocycles. The smallest absolute Gasteiger partial charge is 0.416 e. The Hall–Kier alpha value is -2.09. The van der Waals surface area contributed by atoms with Crippen molar-refractivity contribution in [1.29, 1.82) is 0 Å². The third-order valence-corrected chi connectivity index (χ3v) is 5.10. The molecule has 0 aliphatic carbocycles. The highest BCUT2D eigenvalue weighted by Crippen LogP contribution is 2.42. The number of alkyl halides is 3. The zero-order valence-electron chi connectivity index (χ0n) is 13.4. The number of fused-ring (bicyclic) bond motifs is 1. The first kappa shape index (κ1) is 17.7. The zero-order chi connectivity index (χ0) is 18.2. The molecule has 0 spiro atoms. The van der Waals surface area contributed by atoms with Crippen molar-refractivity contribution in [2.24, 2.45) is 11.3 Å². The van der Waals surface area contributed by atoms with Gasteiger partial charge in [-0.2, -0.15) is 13.2 Å². The predicted octanol–water partition coefficient (Wildman–Crippen LogP) is 2.20. The summed E-state index contributed by atoms with van der Waals surface area (Å²) in [6, 6.07) is 4.64. The molecule has 0 unspecified atom stereocenters. The van der Waals surface area contributed by atoms with Crippen LogP contribution < -0.4 is 0 Å². The molecule has 0 radical (unpaired) electrons. The van der Waals surface area contributed by atoms with E-state index in [1.54, 1.807) is 0 Å². The minimum atomic E-state index is -4.47. The summed E-state index contributed by atoms with van der Waals surface area (Å²) in [5.41, 5.74) is -1.56. The number of amides is 1. The lowest BCUT2D eigenvalue weighted by Gasteiger charge is -2.33. The summed E-state index contributed by atoms with van der Waals surface area (Å²) < 4.78 is 43.6. The minimum Gasteiger partial charge on any atom is -0.481 e. The molecule has 25 heavy (non-hydrogen) atoms. The van der Waals surface area contributed by atoms with E-state index < -0.39 is 23.1 Å². The number of rotatable bonds is 3. The van der Waals surface area contributed by atoms with Crippen molar-refractivity contribution in [3.8, 4) is 0 Å². The van der Waals surface area contributed by atoms with Gasteiger partial charge in [0.1, 0.15) is 0 Å². The number of hydrogen-bond acceptors (Lipinski definition) is 3. The van der Waals surface area contributed by atoms with E-state index in [2.05, 4.69) is 0 Å². The van der Waals surface area contributed by atoms with Crippen LogP contribution >= 0.6 is 0 Å². The SMILES string of the molecule is O=C(Cc1cccc(C(F)(F)F)c1)N1C[C@H]2COCC[C@@]2(C(=O)O)C1. The van der Waals surface area contributed by atoms with Gasteiger partial charge >= 0.3 is 12.1 Å². The maximum Gasteiger partial charge on any atom is 0.416 e. The van der Waals surface area contributed by atoms with E-state index in [-0.39, 0.29) is 43.5 Å². The molecule has 2 aliphatic rings. The van der Waals surface area contributed by atoms with Gasteiger partial charge in [-0.15, -0.1) is 0 Å². The van der Waals surface area contributed by atoms with Gasteiger partial charge in [0.25, 0.3) is 0 Å². The Morgan fingerprint density at radius 2 is 2.12 bits per heavy atom. The molecule has 1 amide bonds. The molecule has 136 valence electrons. The van der Waals surface area contributed by atoms with Crippen LogP contribution in [0.2, 0.25) is 0 Å². The molecule has 2 saturated heterocycles. The molecule has 5 nitrogen and oxygen atoms in total. The molecule has 1 aromatic rings. The summed E-state index contributed by atoms with van der Waals surface area (Å²) >= 11 is 0. The molecular formula is C17H18F3NO4. The second-order valence-corrected chi connectivity index (χ2v) is 6.63. The van der Waals surface area contributed by atoms with Crippen LogP contribution in [0.5, 0.6) is 0 Å². The first-order valence-corrected chi connectivity index (χ1v) is 7.97. The summed E-state index contributed by atoms with van der Waals surface area (Å²) in [7, 11) is 0. The van der Waals surface area contributed by atoms with Crippen LogP contribution in [0.25, 0.3) is 0 Å². The molecule has 0 bridgehead atoms. The molecule has 2 aliphatic heterocycles. The first-order valence-electron chi connectivity index (χ1n) is 7.97. The third-order valence-electron chi connectivity index (χ3n) is 5.10. The second-order valence-electron chi connectivity index (χ2n) is 6.63. The maximum absolute atomic E-state index is 12.8. The van der Waals surface area contributed by atoms with E-state index in [0.29, 0.717) is 13.0 Å². The molecule has 3 rings (SSSR count). The van der Waals surface area contributed by atoms with E-state index in [0.717, 1.165) is 12.1 Å². The highest BCUT2D eigenvalue weighted by molar-refractivity contribution is 5.82. The first-order chi connectivity index (χ1) is 11.7. The Balaban J connectivity index is 1.73. The van der Waals surface area contributed by atoms with Gasteiger partial charge in [-0.05, 0) is 18.1 Å². The fourth-order valence-electron chi connectivity index (χ4n) is 3.63. The van der Waals surface area contributed by atoms with Gasteiger partial charge in [0.05, 0.1) is 24.0 Å². The van der Waals surface area contributed by atoms with Crippen LogP contribution in [0.4, 0.5) is 13.2 Å². The van der Waals surface area contributed by atoms with Crippen LogP contribution in [0, 0.1) is 11.3 Å². The number of carbonyl (C=O) groups is 2. The van der Waals surface area contributed by atoms with E-state index in [9.17, 15) is 27.9 Å². The van der Waals surface area contributed by atoms with Crippen molar-refractivity contribution in [2.75, 3.05) is 26.3 Å².